The molecule has 9 heteroatoms. The van der Waals surface area contributed by atoms with Crippen LogP contribution in [0.2, 0.25) is 5.02 Å². The van der Waals surface area contributed by atoms with Crippen LogP contribution in [0.1, 0.15) is 12.6 Å². The standard InChI is InChI=1S/C25H24ClN5O3/c1-15-8-10-18(13-27-15)34-21-11-9-17(12-19(21)26)30-24-23-20(28-14-29-24)6-5-7-22(23)33-16(2)25(32)31(3)4/h5-14,16H,1-4H3,(H,28,29,30)/t16-/m1/s1. The molecule has 1 atom stereocenters. The highest BCUT2D eigenvalue weighted by Crippen LogP contribution is 2.35. The van der Waals surface area contributed by atoms with Crippen LogP contribution in [-0.4, -0.2) is 46.0 Å². The molecule has 34 heavy (non-hydrogen) atoms. The smallest absolute Gasteiger partial charge is 0.262 e. The third-order valence-corrected chi connectivity index (χ3v) is 5.32. The summed E-state index contributed by atoms with van der Waals surface area (Å²) in [6.07, 6.45) is 2.44. The molecule has 0 radical (unpaired) electrons. The lowest BCUT2D eigenvalue weighted by molar-refractivity contribution is -0.135. The first-order valence-electron chi connectivity index (χ1n) is 10.6. The number of carbonyl (C=O) groups is 1. The SMILES string of the molecule is Cc1ccc(Oc2ccc(Nc3ncnc4cccc(O[C@H](C)C(=O)N(C)C)c34)cc2Cl)cn1. The highest BCUT2D eigenvalue weighted by atomic mass is 35.5. The Bertz CT molecular complexity index is 1320. The van der Waals surface area contributed by atoms with Crippen molar-refractivity contribution in [3.8, 4) is 17.2 Å². The molecule has 4 aromatic rings. The van der Waals surface area contributed by atoms with Crippen molar-refractivity contribution in [2.75, 3.05) is 19.4 Å². The molecular formula is C25H24ClN5O3. The Morgan fingerprint density at radius 3 is 2.59 bits per heavy atom. The van der Waals surface area contributed by atoms with E-state index in [-0.39, 0.29) is 5.91 Å². The first-order chi connectivity index (χ1) is 16.3. The third-order valence-electron chi connectivity index (χ3n) is 5.02. The van der Waals surface area contributed by atoms with Crippen LogP contribution in [0.15, 0.2) is 61.1 Å². The number of likely N-dealkylation sites (N-methyl/N-ethyl adjacent to an activating group) is 1. The molecule has 2 aromatic heterocycles. The predicted octanol–water partition coefficient (Wildman–Crippen LogP) is 5.38. The van der Waals surface area contributed by atoms with Gasteiger partial charge in [-0.15, -0.1) is 0 Å². The topological polar surface area (TPSA) is 89.5 Å². The molecule has 2 heterocycles. The van der Waals surface area contributed by atoms with E-state index in [0.29, 0.717) is 44.7 Å². The van der Waals surface area contributed by atoms with Crippen LogP contribution < -0.4 is 14.8 Å². The second-order valence-electron chi connectivity index (χ2n) is 7.87. The molecule has 0 bridgehead atoms. The number of fused-ring (bicyclic) bond motifs is 1. The highest BCUT2D eigenvalue weighted by Gasteiger charge is 2.19. The summed E-state index contributed by atoms with van der Waals surface area (Å²) < 4.78 is 11.8. The van der Waals surface area contributed by atoms with Crippen LogP contribution in [0.5, 0.6) is 17.2 Å². The van der Waals surface area contributed by atoms with Gasteiger partial charge in [0, 0.05) is 25.5 Å². The van der Waals surface area contributed by atoms with Gasteiger partial charge in [0.15, 0.2) is 6.10 Å². The van der Waals surface area contributed by atoms with E-state index in [1.165, 1.54) is 11.2 Å². The maximum Gasteiger partial charge on any atom is 0.262 e. The summed E-state index contributed by atoms with van der Waals surface area (Å²) >= 11 is 6.47. The molecule has 0 unspecified atom stereocenters. The Morgan fingerprint density at radius 1 is 1.06 bits per heavy atom. The molecular weight excluding hydrogens is 454 g/mol. The van der Waals surface area contributed by atoms with Gasteiger partial charge in [0.2, 0.25) is 0 Å². The van der Waals surface area contributed by atoms with Gasteiger partial charge in [-0.1, -0.05) is 17.7 Å². The van der Waals surface area contributed by atoms with Crippen LogP contribution >= 0.6 is 11.6 Å². The van der Waals surface area contributed by atoms with Gasteiger partial charge in [-0.05, 0) is 56.3 Å². The summed E-state index contributed by atoms with van der Waals surface area (Å²) in [5.41, 5.74) is 2.28. The average molecular weight is 478 g/mol. The number of ether oxygens (including phenoxy) is 2. The number of hydrogen-bond acceptors (Lipinski definition) is 7. The number of pyridine rings is 1. The zero-order valence-corrected chi connectivity index (χ0v) is 20.0. The molecule has 4 rings (SSSR count). The molecule has 8 nitrogen and oxygen atoms in total. The van der Waals surface area contributed by atoms with Crippen LogP contribution in [0, 0.1) is 6.92 Å². The van der Waals surface area contributed by atoms with Crippen molar-refractivity contribution in [1.82, 2.24) is 19.9 Å². The predicted molar refractivity (Wildman–Crippen MR) is 132 cm³/mol. The lowest BCUT2D eigenvalue weighted by Crippen LogP contribution is -2.35. The minimum absolute atomic E-state index is 0.144. The first kappa shape index (κ1) is 23.3. The largest absolute Gasteiger partial charge is 0.480 e. The molecule has 174 valence electrons. The summed E-state index contributed by atoms with van der Waals surface area (Å²) in [5, 5.41) is 4.35. The van der Waals surface area contributed by atoms with Gasteiger partial charge in [0.1, 0.15) is 29.4 Å². The molecule has 0 spiro atoms. The van der Waals surface area contributed by atoms with E-state index in [1.54, 1.807) is 45.4 Å². The zero-order chi connectivity index (χ0) is 24.2. The Balaban J connectivity index is 1.61. The first-order valence-corrected chi connectivity index (χ1v) is 11.0. The normalized spacial score (nSPS) is 11.7. The van der Waals surface area contributed by atoms with Crippen LogP contribution in [0.3, 0.4) is 0 Å². The fraction of sp³-hybridized carbons (Fsp3) is 0.200. The fourth-order valence-corrected chi connectivity index (χ4v) is 3.53. The second-order valence-corrected chi connectivity index (χ2v) is 8.28. The third kappa shape index (κ3) is 5.18. The van der Waals surface area contributed by atoms with E-state index in [4.69, 9.17) is 21.1 Å². The summed E-state index contributed by atoms with van der Waals surface area (Å²) in [4.78, 5) is 26.8. The van der Waals surface area contributed by atoms with Crippen molar-refractivity contribution in [2.45, 2.75) is 20.0 Å². The summed E-state index contributed by atoms with van der Waals surface area (Å²) in [7, 11) is 3.38. The zero-order valence-electron chi connectivity index (χ0n) is 19.2. The van der Waals surface area contributed by atoms with Gasteiger partial charge in [0.25, 0.3) is 5.91 Å². The van der Waals surface area contributed by atoms with Crippen LogP contribution in [-0.2, 0) is 4.79 Å². The van der Waals surface area contributed by atoms with Crippen molar-refractivity contribution in [3.05, 3.63) is 71.8 Å². The van der Waals surface area contributed by atoms with Gasteiger partial charge in [-0.25, -0.2) is 9.97 Å². The van der Waals surface area contributed by atoms with Gasteiger partial charge < -0.3 is 19.7 Å². The van der Waals surface area contributed by atoms with E-state index < -0.39 is 6.10 Å². The molecule has 0 saturated heterocycles. The van der Waals surface area contributed by atoms with E-state index in [1.807, 2.05) is 37.3 Å². The lowest BCUT2D eigenvalue weighted by atomic mass is 10.2. The lowest BCUT2D eigenvalue weighted by Gasteiger charge is -2.20. The van der Waals surface area contributed by atoms with Gasteiger partial charge in [0.05, 0.1) is 22.1 Å². The fourth-order valence-electron chi connectivity index (χ4n) is 3.32. The van der Waals surface area contributed by atoms with Gasteiger partial charge in [-0.3, -0.25) is 9.78 Å². The number of nitrogens with zero attached hydrogens (tertiary/aromatic N) is 4. The number of anilines is 2. The molecule has 0 fully saturated rings. The van der Waals surface area contributed by atoms with Gasteiger partial charge >= 0.3 is 0 Å². The van der Waals surface area contributed by atoms with E-state index in [9.17, 15) is 4.79 Å². The quantitative estimate of drug-likeness (QED) is 0.382. The number of carbonyl (C=O) groups excluding carboxylic acids is 1. The molecule has 1 amide bonds. The maximum atomic E-state index is 12.3. The van der Waals surface area contributed by atoms with Crippen LogP contribution in [0.4, 0.5) is 11.5 Å². The van der Waals surface area contributed by atoms with Crippen molar-refractivity contribution >= 4 is 39.9 Å². The van der Waals surface area contributed by atoms with E-state index in [2.05, 4.69) is 20.3 Å². The molecule has 0 aliphatic carbocycles. The number of halogens is 1. The highest BCUT2D eigenvalue weighted by molar-refractivity contribution is 6.32. The Labute approximate surface area is 202 Å². The van der Waals surface area contributed by atoms with Crippen LogP contribution in [0.25, 0.3) is 10.9 Å². The number of nitrogens with one attached hydrogen (secondary N) is 1. The molecule has 0 aliphatic rings. The number of rotatable bonds is 7. The Morgan fingerprint density at radius 2 is 1.88 bits per heavy atom. The maximum absolute atomic E-state index is 12.3. The van der Waals surface area contributed by atoms with E-state index in [0.717, 1.165) is 5.69 Å². The minimum Gasteiger partial charge on any atom is -0.480 e. The van der Waals surface area contributed by atoms with Crippen molar-refractivity contribution in [2.24, 2.45) is 0 Å². The summed E-state index contributed by atoms with van der Waals surface area (Å²) in [6, 6.07) is 14.5. The van der Waals surface area contributed by atoms with Crippen molar-refractivity contribution in [3.63, 3.8) is 0 Å². The Kier molecular flexibility index (Phi) is 6.79. The average Bonchev–Trinajstić information content (AvgIpc) is 2.82. The number of hydrogen-bond donors (Lipinski definition) is 1. The molecule has 1 N–H and O–H groups in total. The second kappa shape index (κ2) is 9.93. The van der Waals surface area contributed by atoms with Crippen molar-refractivity contribution < 1.29 is 14.3 Å². The summed E-state index contributed by atoms with van der Waals surface area (Å²) in [5.74, 6) is 1.98. The molecule has 2 aromatic carbocycles. The minimum atomic E-state index is -0.671. The summed E-state index contributed by atoms with van der Waals surface area (Å²) in [6.45, 7) is 3.62. The Hall–Kier alpha value is -3.91. The number of aromatic nitrogens is 3. The number of benzene rings is 2. The van der Waals surface area contributed by atoms with E-state index >= 15 is 0 Å². The van der Waals surface area contributed by atoms with Gasteiger partial charge in [-0.2, -0.15) is 0 Å². The number of amides is 1. The molecule has 0 aliphatic heterocycles. The van der Waals surface area contributed by atoms with Crippen molar-refractivity contribution in [1.29, 1.82) is 0 Å². The molecule has 0 saturated carbocycles. The number of aryl methyl sites for hydroxylation is 1. The monoisotopic (exact) mass is 477 g/mol.